The van der Waals surface area contributed by atoms with Crippen molar-refractivity contribution in [1.82, 2.24) is 0 Å². The second-order valence-electron chi connectivity index (χ2n) is 4.80. The summed E-state index contributed by atoms with van der Waals surface area (Å²) in [5, 5.41) is 0.687. The molecule has 0 heterocycles. The van der Waals surface area contributed by atoms with Gasteiger partial charge in [-0.2, -0.15) is 0 Å². The van der Waals surface area contributed by atoms with Gasteiger partial charge >= 0.3 is 0 Å². The smallest absolute Gasteiger partial charge is 0.123 e. The van der Waals surface area contributed by atoms with Crippen molar-refractivity contribution in [2.45, 2.75) is 13.0 Å². The number of benzene rings is 2. The fraction of sp³-hybridized carbons (Fsp3) is 0.250. The van der Waals surface area contributed by atoms with Crippen LogP contribution in [0, 0.1) is 5.82 Å². The summed E-state index contributed by atoms with van der Waals surface area (Å²) in [6, 6.07) is 12.4. The summed E-state index contributed by atoms with van der Waals surface area (Å²) in [4.78, 5) is 2.06. The summed E-state index contributed by atoms with van der Waals surface area (Å²) in [6.45, 7) is 1.21. The third kappa shape index (κ3) is 3.71. The van der Waals surface area contributed by atoms with Crippen LogP contribution in [0.25, 0.3) is 0 Å². The topological polar surface area (TPSA) is 29.3 Å². The van der Waals surface area contributed by atoms with Crippen LogP contribution in [0.15, 0.2) is 42.5 Å². The summed E-state index contributed by atoms with van der Waals surface area (Å²) in [5.74, 6) is -0.218. The molecule has 0 spiro atoms. The van der Waals surface area contributed by atoms with Crippen molar-refractivity contribution in [3.05, 3.63) is 64.4 Å². The molecule has 106 valence electrons. The predicted octanol–water partition coefficient (Wildman–Crippen LogP) is 3.62. The first kappa shape index (κ1) is 14.8. The van der Waals surface area contributed by atoms with E-state index >= 15 is 0 Å². The Morgan fingerprint density at radius 2 is 2.00 bits per heavy atom. The van der Waals surface area contributed by atoms with Crippen LogP contribution >= 0.6 is 11.6 Å². The van der Waals surface area contributed by atoms with Gasteiger partial charge in [-0.1, -0.05) is 29.8 Å². The first-order valence-electron chi connectivity index (χ1n) is 6.54. The molecule has 0 aliphatic rings. The third-order valence-corrected chi connectivity index (χ3v) is 3.42. The van der Waals surface area contributed by atoms with Gasteiger partial charge in [0.2, 0.25) is 0 Å². The molecule has 2 aromatic carbocycles. The Morgan fingerprint density at radius 1 is 1.20 bits per heavy atom. The lowest BCUT2D eigenvalue weighted by molar-refractivity contribution is 0.625. The summed E-state index contributed by atoms with van der Waals surface area (Å²) < 4.78 is 13.2. The maximum atomic E-state index is 13.2. The molecule has 0 fully saturated rings. The number of nitrogens with zero attached hydrogens (tertiary/aromatic N) is 1. The molecule has 0 saturated heterocycles. The summed E-state index contributed by atoms with van der Waals surface area (Å²) >= 11 is 6.07. The molecule has 0 bridgehead atoms. The molecule has 2 aromatic rings. The monoisotopic (exact) mass is 292 g/mol. The zero-order valence-corrected chi connectivity index (χ0v) is 12.2. The van der Waals surface area contributed by atoms with Crippen molar-refractivity contribution < 1.29 is 4.39 Å². The van der Waals surface area contributed by atoms with Gasteiger partial charge < -0.3 is 10.6 Å². The van der Waals surface area contributed by atoms with E-state index in [1.54, 1.807) is 12.1 Å². The molecule has 0 unspecified atom stereocenters. The highest BCUT2D eigenvalue weighted by Crippen LogP contribution is 2.25. The predicted molar refractivity (Wildman–Crippen MR) is 82.7 cm³/mol. The van der Waals surface area contributed by atoms with E-state index < -0.39 is 0 Å². The molecule has 0 amide bonds. The minimum absolute atomic E-state index is 0.218. The lowest BCUT2D eigenvalue weighted by Gasteiger charge is -2.23. The maximum Gasteiger partial charge on any atom is 0.123 e. The molecule has 2 N–H and O–H groups in total. The largest absolute Gasteiger partial charge is 0.370 e. The van der Waals surface area contributed by atoms with Crippen molar-refractivity contribution in [1.29, 1.82) is 0 Å². The number of hydrogen-bond donors (Lipinski definition) is 1. The lowest BCUT2D eigenvalue weighted by Crippen LogP contribution is -2.19. The average molecular weight is 293 g/mol. The van der Waals surface area contributed by atoms with Gasteiger partial charge in [0, 0.05) is 24.3 Å². The van der Waals surface area contributed by atoms with Crippen LogP contribution in [-0.4, -0.2) is 13.6 Å². The SMILES string of the molecule is CN(Cc1cccc(F)c1)c1cc(Cl)ccc1CCN. The quantitative estimate of drug-likeness (QED) is 0.912. The van der Waals surface area contributed by atoms with Crippen molar-refractivity contribution in [3.8, 4) is 0 Å². The Morgan fingerprint density at radius 3 is 2.70 bits per heavy atom. The molecule has 0 radical (unpaired) electrons. The fourth-order valence-electron chi connectivity index (χ4n) is 2.25. The highest BCUT2D eigenvalue weighted by molar-refractivity contribution is 6.30. The van der Waals surface area contributed by atoms with Gasteiger partial charge in [-0.05, 0) is 48.4 Å². The van der Waals surface area contributed by atoms with E-state index in [-0.39, 0.29) is 5.82 Å². The van der Waals surface area contributed by atoms with Crippen LogP contribution < -0.4 is 10.6 Å². The second kappa shape index (κ2) is 6.73. The number of rotatable bonds is 5. The van der Waals surface area contributed by atoms with Crippen LogP contribution in [0.5, 0.6) is 0 Å². The summed E-state index contributed by atoms with van der Waals surface area (Å²) in [6.07, 6.45) is 0.792. The van der Waals surface area contributed by atoms with Crippen LogP contribution in [0.4, 0.5) is 10.1 Å². The van der Waals surface area contributed by atoms with E-state index in [0.29, 0.717) is 18.1 Å². The molecular weight excluding hydrogens is 275 g/mol. The summed E-state index contributed by atoms with van der Waals surface area (Å²) in [7, 11) is 1.97. The molecule has 2 nitrogen and oxygen atoms in total. The van der Waals surface area contributed by atoms with Crippen LogP contribution in [-0.2, 0) is 13.0 Å². The lowest BCUT2D eigenvalue weighted by atomic mass is 10.1. The van der Waals surface area contributed by atoms with Gasteiger partial charge in [0.05, 0.1) is 0 Å². The van der Waals surface area contributed by atoms with E-state index in [9.17, 15) is 4.39 Å². The van der Waals surface area contributed by atoms with Gasteiger partial charge in [-0.15, -0.1) is 0 Å². The number of halogens is 2. The van der Waals surface area contributed by atoms with Crippen LogP contribution in [0.1, 0.15) is 11.1 Å². The normalized spacial score (nSPS) is 10.6. The Kier molecular flexibility index (Phi) is 4.99. The molecular formula is C16H18ClFN2. The van der Waals surface area contributed by atoms with Crippen LogP contribution in [0.3, 0.4) is 0 Å². The minimum atomic E-state index is -0.218. The van der Waals surface area contributed by atoms with E-state index in [0.717, 1.165) is 23.2 Å². The molecule has 4 heteroatoms. The number of anilines is 1. The Labute approximate surface area is 124 Å². The fourth-order valence-corrected chi connectivity index (χ4v) is 2.42. The Bertz CT molecular complexity index is 586. The van der Waals surface area contributed by atoms with Gasteiger partial charge in [0.1, 0.15) is 5.82 Å². The Hall–Kier alpha value is -1.58. The highest BCUT2D eigenvalue weighted by atomic mass is 35.5. The van der Waals surface area contributed by atoms with E-state index in [1.807, 2.05) is 31.3 Å². The van der Waals surface area contributed by atoms with Crippen LogP contribution in [0.2, 0.25) is 5.02 Å². The zero-order chi connectivity index (χ0) is 14.5. The van der Waals surface area contributed by atoms with Crippen molar-refractivity contribution >= 4 is 17.3 Å². The molecule has 0 aliphatic heterocycles. The van der Waals surface area contributed by atoms with Crippen molar-refractivity contribution in [2.75, 3.05) is 18.5 Å². The van der Waals surface area contributed by atoms with Gasteiger partial charge in [0.15, 0.2) is 0 Å². The maximum absolute atomic E-state index is 13.2. The molecule has 0 saturated carbocycles. The zero-order valence-electron chi connectivity index (χ0n) is 11.4. The van der Waals surface area contributed by atoms with Crippen molar-refractivity contribution in [2.24, 2.45) is 5.73 Å². The highest BCUT2D eigenvalue weighted by Gasteiger charge is 2.09. The molecule has 20 heavy (non-hydrogen) atoms. The van der Waals surface area contributed by atoms with Crippen molar-refractivity contribution in [3.63, 3.8) is 0 Å². The molecule has 0 aromatic heterocycles. The number of nitrogens with two attached hydrogens (primary N) is 1. The van der Waals surface area contributed by atoms with E-state index in [4.69, 9.17) is 17.3 Å². The first-order valence-corrected chi connectivity index (χ1v) is 6.92. The number of hydrogen-bond acceptors (Lipinski definition) is 2. The standard InChI is InChI=1S/C16H18ClFN2/c1-20(11-12-3-2-4-15(18)9-12)16-10-14(17)6-5-13(16)7-8-19/h2-6,9-10H,7-8,11,19H2,1H3. The molecule has 0 aliphatic carbocycles. The molecule has 2 rings (SSSR count). The molecule has 0 atom stereocenters. The second-order valence-corrected chi connectivity index (χ2v) is 5.23. The average Bonchev–Trinajstić information content (AvgIpc) is 2.41. The van der Waals surface area contributed by atoms with E-state index in [1.165, 1.54) is 6.07 Å². The van der Waals surface area contributed by atoms with Gasteiger partial charge in [-0.3, -0.25) is 0 Å². The Balaban J connectivity index is 2.23. The minimum Gasteiger partial charge on any atom is -0.370 e. The van der Waals surface area contributed by atoms with E-state index in [2.05, 4.69) is 4.90 Å². The van der Waals surface area contributed by atoms with Gasteiger partial charge in [0.25, 0.3) is 0 Å². The summed E-state index contributed by atoms with van der Waals surface area (Å²) in [5.41, 5.74) is 8.74. The first-order chi connectivity index (χ1) is 9.60. The van der Waals surface area contributed by atoms with Gasteiger partial charge in [-0.25, -0.2) is 4.39 Å². The third-order valence-electron chi connectivity index (χ3n) is 3.18.